The molecule has 6 heteroatoms. The summed E-state index contributed by atoms with van der Waals surface area (Å²) >= 11 is 0. The molecule has 1 N–H and O–H groups in total. The molecule has 6 nitrogen and oxygen atoms in total. The third-order valence-electron chi connectivity index (χ3n) is 6.84. The van der Waals surface area contributed by atoms with E-state index in [0.717, 1.165) is 41.9 Å². The van der Waals surface area contributed by atoms with Gasteiger partial charge in [-0.15, -0.1) is 0 Å². The van der Waals surface area contributed by atoms with Crippen LogP contribution in [0, 0.1) is 0 Å². The van der Waals surface area contributed by atoms with Crippen LogP contribution in [0.5, 0.6) is 0 Å². The fraction of sp³-hybridized carbons (Fsp3) is 0.286. The highest BCUT2D eigenvalue weighted by Gasteiger charge is 2.34. The second-order valence-corrected chi connectivity index (χ2v) is 9.01. The minimum Gasteiger partial charge on any atom is -0.462 e. The maximum Gasteiger partial charge on any atom is 0.229 e. The Morgan fingerprint density at radius 3 is 2.79 bits per heavy atom. The first-order valence-corrected chi connectivity index (χ1v) is 11.9. The molecule has 3 unspecified atom stereocenters. The third-order valence-corrected chi connectivity index (χ3v) is 6.84. The van der Waals surface area contributed by atoms with Crippen LogP contribution >= 0.6 is 0 Å². The summed E-state index contributed by atoms with van der Waals surface area (Å²) in [7, 11) is 0. The molecule has 3 atom stereocenters. The molecular formula is C28H28N4O2. The molecule has 0 saturated carbocycles. The number of imidazole rings is 1. The number of dihydropyridines is 1. The minimum absolute atomic E-state index is 0.0209. The Balaban J connectivity index is 1.39. The second kappa shape index (κ2) is 9.31. The van der Waals surface area contributed by atoms with Crippen molar-refractivity contribution >= 4 is 17.2 Å². The van der Waals surface area contributed by atoms with Crippen LogP contribution in [0.2, 0.25) is 0 Å². The molecule has 0 bridgehead atoms. The molecular weight excluding hydrogens is 424 g/mol. The van der Waals surface area contributed by atoms with Crippen LogP contribution in [-0.4, -0.2) is 46.0 Å². The monoisotopic (exact) mass is 452 g/mol. The SMILES string of the molecule is C1=CC2=CC(N(Cc3nc4ccccc4[nH]3)C(Cc3ccccc3)C3=COCO3)CCC2N=C1. The van der Waals surface area contributed by atoms with Crippen LogP contribution in [-0.2, 0) is 22.4 Å². The quantitative estimate of drug-likeness (QED) is 0.553. The number of ether oxygens (including phenoxy) is 2. The number of nitrogens with one attached hydrogen (secondary N) is 1. The van der Waals surface area contributed by atoms with Crippen LogP contribution in [0.15, 0.2) is 95.4 Å². The van der Waals surface area contributed by atoms with Crippen LogP contribution in [0.25, 0.3) is 11.0 Å². The summed E-state index contributed by atoms with van der Waals surface area (Å²) in [6.07, 6.45) is 13.2. The number of allylic oxidation sites excluding steroid dienone is 1. The molecule has 34 heavy (non-hydrogen) atoms. The van der Waals surface area contributed by atoms with Crippen molar-refractivity contribution in [3.63, 3.8) is 0 Å². The van der Waals surface area contributed by atoms with Crippen molar-refractivity contribution in [3.05, 3.63) is 102 Å². The molecule has 0 radical (unpaired) electrons. The van der Waals surface area contributed by atoms with Gasteiger partial charge in [0.2, 0.25) is 6.79 Å². The maximum absolute atomic E-state index is 5.97. The average molecular weight is 453 g/mol. The number of rotatable bonds is 7. The molecule has 0 amide bonds. The topological polar surface area (TPSA) is 62.7 Å². The van der Waals surface area contributed by atoms with Crippen LogP contribution < -0.4 is 0 Å². The van der Waals surface area contributed by atoms with Crippen molar-refractivity contribution in [3.8, 4) is 0 Å². The third kappa shape index (κ3) is 4.29. The number of hydrogen-bond donors (Lipinski definition) is 1. The lowest BCUT2D eigenvalue weighted by Gasteiger charge is -2.39. The summed E-state index contributed by atoms with van der Waals surface area (Å²) in [6, 6.07) is 19.3. The number of benzene rings is 2. The minimum atomic E-state index is 0.0209. The zero-order valence-electron chi connectivity index (χ0n) is 19.0. The van der Waals surface area contributed by atoms with Crippen molar-refractivity contribution in [2.75, 3.05) is 6.79 Å². The van der Waals surface area contributed by atoms with Gasteiger partial charge in [0.25, 0.3) is 0 Å². The number of para-hydroxylation sites is 2. The summed E-state index contributed by atoms with van der Waals surface area (Å²) in [5.41, 5.74) is 4.61. The van der Waals surface area contributed by atoms with Gasteiger partial charge in [0.05, 0.1) is 29.7 Å². The van der Waals surface area contributed by atoms with Crippen LogP contribution in [0.1, 0.15) is 24.2 Å². The average Bonchev–Trinajstić information content (AvgIpc) is 3.56. The molecule has 0 fully saturated rings. The van der Waals surface area contributed by atoms with Gasteiger partial charge in [0.1, 0.15) is 12.1 Å². The number of H-pyrrole nitrogens is 1. The van der Waals surface area contributed by atoms with Gasteiger partial charge in [0, 0.05) is 12.3 Å². The molecule has 2 aliphatic heterocycles. The van der Waals surface area contributed by atoms with E-state index in [4.69, 9.17) is 14.5 Å². The number of aromatic amines is 1. The van der Waals surface area contributed by atoms with Gasteiger partial charge in [-0.2, -0.15) is 0 Å². The van der Waals surface area contributed by atoms with E-state index in [2.05, 4.69) is 69.5 Å². The highest BCUT2D eigenvalue weighted by molar-refractivity contribution is 5.75. The molecule has 3 aliphatic rings. The first kappa shape index (κ1) is 20.9. The fourth-order valence-electron chi connectivity index (χ4n) is 5.17. The van der Waals surface area contributed by atoms with Gasteiger partial charge < -0.3 is 14.5 Å². The van der Waals surface area contributed by atoms with E-state index in [9.17, 15) is 0 Å². The number of nitrogens with zero attached hydrogens (tertiary/aromatic N) is 3. The lowest BCUT2D eigenvalue weighted by Crippen LogP contribution is -2.46. The van der Waals surface area contributed by atoms with Gasteiger partial charge in [-0.1, -0.05) is 54.6 Å². The Labute approximate surface area is 199 Å². The molecule has 1 aromatic heterocycles. The normalized spacial score (nSPS) is 22.1. The van der Waals surface area contributed by atoms with Gasteiger partial charge in [-0.05, 0) is 48.6 Å². The van der Waals surface area contributed by atoms with Gasteiger partial charge in [-0.25, -0.2) is 4.98 Å². The first-order chi connectivity index (χ1) is 16.8. The van der Waals surface area contributed by atoms with Crippen molar-refractivity contribution in [2.45, 2.75) is 43.9 Å². The summed E-state index contributed by atoms with van der Waals surface area (Å²) in [4.78, 5) is 15.6. The van der Waals surface area contributed by atoms with E-state index in [0.29, 0.717) is 6.54 Å². The van der Waals surface area contributed by atoms with E-state index in [1.165, 1.54) is 11.1 Å². The summed E-state index contributed by atoms with van der Waals surface area (Å²) < 4.78 is 11.5. The number of aromatic nitrogens is 2. The number of hydrogen-bond acceptors (Lipinski definition) is 5. The maximum atomic E-state index is 5.97. The lowest BCUT2D eigenvalue weighted by molar-refractivity contribution is 0.0496. The van der Waals surface area contributed by atoms with Crippen LogP contribution in [0.4, 0.5) is 0 Å². The van der Waals surface area contributed by atoms with E-state index < -0.39 is 0 Å². The Morgan fingerprint density at radius 1 is 1.06 bits per heavy atom. The van der Waals surface area contributed by atoms with Crippen molar-refractivity contribution in [1.82, 2.24) is 14.9 Å². The fourth-order valence-corrected chi connectivity index (χ4v) is 5.17. The van der Waals surface area contributed by atoms with Crippen LogP contribution in [0.3, 0.4) is 0 Å². The predicted molar refractivity (Wildman–Crippen MR) is 133 cm³/mol. The smallest absolute Gasteiger partial charge is 0.229 e. The molecule has 0 spiro atoms. The Kier molecular flexibility index (Phi) is 5.73. The predicted octanol–water partition coefficient (Wildman–Crippen LogP) is 4.92. The highest BCUT2D eigenvalue weighted by Crippen LogP contribution is 2.32. The molecule has 1 aliphatic carbocycles. The van der Waals surface area contributed by atoms with E-state index in [1.54, 1.807) is 6.26 Å². The van der Waals surface area contributed by atoms with Gasteiger partial charge in [-0.3, -0.25) is 9.89 Å². The highest BCUT2D eigenvalue weighted by atomic mass is 16.7. The van der Waals surface area contributed by atoms with Crippen molar-refractivity contribution in [1.29, 1.82) is 0 Å². The number of aliphatic imine (C=N–C) groups is 1. The molecule has 3 heterocycles. The Hall–Kier alpha value is -3.64. The zero-order chi connectivity index (χ0) is 22.7. The zero-order valence-corrected chi connectivity index (χ0v) is 19.0. The summed E-state index contributed by atoms with van der Waals surface area (Å²) in [6.45, 7) is 0.948. The lowest BCUT2D eigenvalue weighted by atomic mass is 9.88. The van der Waals surface area contributed by atoms with E-state index in [-0.39, 0.29) is 24.9 Å². The molecule has 2 aromatic carbocycles. The Morgan fingerprint density at radius 2 is 1.94 bits per heavy atom. The van der Waals surface area contributed by atoms with Gasteiger partial charge >= 0.3 is 0 Å². The number of fused-ring (bicyclic) bond motifs is 2. The first-order valence-electron chi connectivity index (χ1n) is 11.9. The van der Waals surface area contributed by atoms with E-state index in [1.807, 2.05) is 24.4 Å². The molecule has 0 saturated heterocycles. The van der Waals surface area contributed by atoms with E-state index >= 15 is 0 Å². The summed E-state index contributed by atoms with van der Waals surface area (Å²) in [5.74, 6) is 1.83. The molecule has 3 aromatic rings. The largest absolute Gasteiger partial charge is 0.462 e. The molecule has 6 rings (SSSR count). The second-order valence-electron chi connectivity index (χ2n) is 9.01. The van der Waals surface area contributed by atoms with Crippen molar-refractivity contribution < 1.29 is 9.47 Å². The Bertz CT molecular complexity index is 1240. The summed E-state index contributed by atoms with van der Waals surface area (Å²) in [5, 5.41) is 0. The standard InChI is InChI=1S/C28H28N4O2/c1-2-7-20(8-3-1)15-26(27-18-33-19-34-27)32(17-28-30-24-10-4-5-11-25(24)31-28)22-12-13-23-21(16-22)9-6-14-29-23/h1-11,14,16,18,22-23,26H,12-13,15,17,19H2,(H,30,31). The molecule has 172 valence electrons. The van der Waals surface area contributed by atoms with Crippen molar-refractivity contribution in [2.24, 2.45) is 4.99 Å². The van der Waals surface area contributed by atoms with Gasteiger partial charge in [0.15, 0.2) is 5.76 Å².